The van der Waals surface area contributed by atoms with E-state index in [-0.39, 0.29) is 0 Å². The molecule has 0 atom stereocenters. The molecule has 0 aliphatic carbocycles. The molecule has 2 aromatic rings. The molecule has 0 N–H and O–H groups in total. The summed E-state index contributed by atoms with van der Waals surface area (Å²) in [6.45, 7) is 0. The standard InChI is InChI=1S/C11H12N2O3/c1-14-9-3-8(4-10(6-9)15-2)5-11-12-7-16-13-11/h3-4,6-7H,5H2,1-2H3. The topological polar surface area (TPSA) is 57.4 Å². The molecule has 5 heteroatoms. The van der Waals surface area contributed by atoms with Crippen molar-refractivity contribution in [3.05, 3.63) is 36.0 Å². The zero-order chi connectivity index (χ0) is 11.4. The molecule has 5 nitrogen and oxygen atoms in total. The van der Waals surface area contributed by atoms with Gasteiger partial charge in [-0.2, -0.15) is 4.98 Å². The number of hydrogen-bond donors (Lipinski definition) is 0. The van der Waals surface area contributed by atoms with E-state index in [1.165, 1.54) is 6.39 Å². The summed E-state index contributed by atoms with van der Waals surface area (Å²) in [6.07, 6.45) is 1.90. The molecule has 0 aliphatic heterocycles. The van der Waals surface area contributed by atoms with Crippen LogP contribution in [-0.4, -0.2) is 24.4 Å². The molecule has 0 amide bonds. The fraction of sp³-hybridized carbons (Fsp3) is 0.273. The summed E-state index contributed by atoms with van der Waals surface area (Å²) in [5, 5.41) is 3.75. The molecule has 0 spiro atoms. The van der Waals surface area contributed by atoms with E-state index >= 15 is 0 Å². The molecule has 0 saturated carbocycles. The van der Waals surface area contributed by atoms with E-state index in [0.717, 1.165) is 17.1 Å². The number of hydrogen-bond acceptors (Lipinski definition) is 5. The molecule has 16 heavy (non-hydrogen) atoms. The first-order chi connectivity index (χ1) is 7.81. The average molecular weight is 220 g/mol. The summed E-state index contributed by atoms with van der Waals surface area (Å²) >= 11 is 0. The van der Waals surface area contributed by atoms with Crippen molar-refractivity contribution >= 4 is 0 Å². The SMILES string of the molecule is COc1cc(Cc2ncon2)cc(OC)c1. The van der Waals surface area contributed by atoms with Crippen molar-refractivity contribution in [3.8, 4) is 11.5 Å². The van der Waals surface area contributed by atoms with Gasteiger partial charge in [0.1, 0.15) is 11.5 Å². The van der Waals surface area contributed by atoms with E-state index in [0.29, 0.717) is 12.2 Å². The Kier molecular flexibility index (Phi) is 3.05. The fourth-order valence-corrected chi connectivity index (χ4v) is 1.42. The van der Waals surface area contributed by atoms with Crippen LogP contribution < -0.4 is 9.47 Å². The first-order valence-electron chi connectivity index (χ1n) is 4.79. The lowest BCUT2D eigenvalue weighted by Crippen LogP contribution is -1.94. The van der Waals surface area contributed by atoms with Gasteiger partial charge in [-0.05, 0) is 17.7 Å². The first-order valence-corrected chi connectivity index (χ1v) is 4.79. The van der Waals surface area contributed by atoms with Crippen molar-refractivity contribution in [2.24, 2.45) is 0 Å². The number of ether oxygens (including phenoxy) is 2. The van der Waals surface area contributed by atoms with E-state index in [4.69, 9.17) is 9.47 Å². The molecule has 0 saturated heterocycles. The third kappa shape index (κ3) is 2.31. The molecule has 1 heterocycles. The summed E-state index contributed by atoms with van der Waals surface area (Å²) in [5.74, 6) is 2.13. The van der Waals surface area contributed by atoms with Crippen molar-refractivity contribution in [2.45, 2.75) is 6.42 Å². The van der Waals surface area contributed by atoms with Crippen molar-refractivity contribution in [2.75, 3.05) is 14.2 Å². The average Bonchev–Trinajstić information content (AvgIpc) is 2.81. The monoisotopic (exact) mass is 220 g/mol. The highest BCUT2D eigenvalue weighted by atomic mass is 16.5. The Morgan fingerprint density at radius 1 is 1.12 bits per heavy atom. The van der Waals surface area contributed by atoms with Crippen molar-refractivity contribution < 1.29 is 14.0 Å². The minimum Gasteiger partial charge on any atom is -0.497 e. The highest BCUT2D eigenvalue weighted by Crippen LogP contribution is 2.23. The second-order valence-corrected chi connectivity index (χ2v) is 3.25. The summed E-state index contributed by atoms with van der Waals surface area (Å²) < 4.78 is 15.0. The maximum Gasteiger partial charge on any atom is 0.213 e. The molecule has 0 bridgehead atoms. The van der Waals surface area contributed by atoms with E-state index in [9.17, 15) is 0 Å². The van der Waals surface area contributed by atoms with Crippen LogP contribution in [0.3, 0.4) is 0 Å². The minimum absolute atomic E-state index is 0.587. The van der Waals surface area contributed by atoms with Gasteiger partial charge in [0.15, 0.2) is 5.82 Å². The quantitative estimate of drug-likeness (QED) is 0.784. The smallest absolute Gasteiger partial charge is 0.213 e. The zero-order valence-electron chi connectivity index (χ0n) is 9.14. The van der Waals surface area contributed by atoms with Gasteiger partial charge >= 0.3 is 0 Å². The maximum absolute atomic E-state index is 5.17. The molecule has 0 radical (unpaired) electrons. The Morgan fingerprint density at radius 3 is 2.31 bits per heavy atom. The van der Waals surface area contributed by atoms with Gasteiger partial charge in [-0.25, -0.2) is 0 Å². The van der Waals surface area contributed by atoms with Crippen LogP contribution in [0.15, 0.2) is 29.1 Å². The Morgan fingerprint density at radius 2 is 1.81 bits per heavy atom. The van der Waals surface area contributed by atoms with Crippen LogP contribution in [0.5, 0.6) is 11.5 Å². The fourth-order valence-electron chi connectivity index (χ4n) is 1.42. The largest absolute Gasteiger partial charge is 0.497 e. The molecule has 0 fully saturated rings. The highest BCUT2D eigenvalue weighted by Gasteiger charge is 2.05. The predicted molar refractivity (Wildman–Crippen MR) is 56.7 cm³/mol. The highest BCUT2D eigenvalue weighted by molar-refractivity contribution is 5.39. The first kappa shape index (κ1) is 10.5. The van der Waals surface area contributed by atoms with Crippen LogP contribution in [0, 0.1) is 0 Å². The van der Waals surface area contributed by atoms with Crippen LogP contribution in [0.25, 0.3) is 0 Å². The van der Waals surface area contributed by atoms with Gasteiger partial charge < -0.3 is 14.0 Å². The number of nitrogens with zero attached hydrogens (tertiary/aromatic N) is 2. The Hall–Kier alpha value is -2.04. The Labute approximate surface area is 93.0 Å². The molecular weight excluding hydrogens is 208 g/mol. The minimum atomic E-state index is 0.587. The molecule has 84 valence electrons. The third-order valence-electron chi connectivity index (χ3n) is 2.18. The number of methoxy groups -OCH3 is 2. The molecule has 0 aliphatic rings. The lowest BCUT2D eigenvalue weighted by molar-refractivity contribution is 0.393. The van der Waals surface area contributed by atoms with E-state index in [2.05, 4.69) is 14.7 Å². The molecule has 1 aromatic heterocycles. The Bertz CT molecular complexity index is 432. The molecular formula is C11H12N2O3. The second kappa shape index (κ2) is 4.65. The van der Waals surface area contributed by atoms with Crippen LogP contribution >= 0.6 is 0 Å². The Balaban J connectivity index is 2.26. The lowest BCUT2D eigenvalue weighted by Gasteiger charge is -2.06. The van der Waals surface area contributed by atoms with Gasteiger partial charge in [-0.15, -0.1) is 0 Å². The van der Waals surface area contributed by atoms with Gasteiger partial charge in [-0.1, -0.05) is 5.16 Å². The van der Waals surface area contributed by atoms with Gasteiger partial charge in [0, 0.05) is 12.5 Å². The van der Waals surface area contributed by atoms with Crippen LogP contribution in [-0.2, 0) is 6.42 Å². The summed E-state index contributed by atoms with van der Waals surface area (Å²) in [5.41, 5.74) is 1.01. The van der Waals surface area contributed by atoms with Gasteiger partial charge in [0.05, 0.1) is 14.2 Å². The summed E-state index contributed by atoms with van der Waals surface area (Å²) in [7, 11) is 3.24. The number of aromatic nitrogens is 2. The summed E-state index contributed by atoms with van der Waals surface area (Å²) in [4.78, 5) is 3.96. The number of benzene rings is 1. The molecule has 0 unspecified atom stereocenters. The molecule has 2 rings (SSSR count). The van der Waals surface area contributed by atoms with Crippen LogP contribution in [0.2, 0.25) is 0 Å². The van der Waals surface area contributed by atoms with Crippen molar-refractivity contribution in [3.63, 3.8) is 0 Å². The summed E-state index contributed by atoms with van der Waals surface area (Å²) in [6, 6.07) is 5.65. The predicted octanol–water partition coefficient (Wildman–Crippen LogP) is 1.68. The zero-order valence-corrected chi connectivity index (χ0v) is 9.14. The van der Waals surface area contributed by atoms with Gasteiger partial charge in [0.2, 0.25) is 6.39 Å². The normalized spacial score (nSPS) is 10.1. The van der Waals surface area contributed by atoms with Gasteiger partial charge in [-0.3, -0.25) is 0 Å². The third-order valence-corrected chi connectivity index (χ3v) is 2.18. The lowest BCUT2D eigenvalue weighted by atomic mass is 10.1. The molecule has 1 aromatic carbocycles. The van der Waals surface area contributed by atoms with E-state index in [1.807, 2.05) is 18.2 Å². The van der Waals surface area contributed by atoms with E-state index < -0.39 is 0 Å². The van der Waals surface area contributed by atoms with Crippen LogP contribution in [0.1, 0.15) is 11.4 Å². The van der Waals surface area contributed by atoms with Gasteiger partial charge in [0.25, 0.3) is 0 Å². The maximum atomic E-state index is 5.17. The number of rotatable bonds is 4. The van der Waals surface area contributed by atoms with E-state index in [1.54, 1.807) is 14.2 Å². The van der Waals surface area contributed by atoms with Crippen molar-refractivity contribution in [1.29, 1.82) is 0 Å². The van der Waals surface area contributed by atoms with Crippen molar-refractivity contribution in [1.82, 2.24) is 10.1 Å². The second-order valence-electron chi connectivity index (χ2n) is 3.25. The van der Waals surface area contributed by atoms with Crippen LogP contribution in [0.4, 0.5) is 0 Å².